The minimum absolute atomic E-state index is 0.0380. The van der Waals surface area contributed by atoms with E-state index in [9.17, 15) is 4.79 Å². The number of carbonyl (C=O) groups excluding carboxylic acids is 1. The maximum atomic E-state index is 12.0. The molecule has 6 heteroatoms. The monoisotopic (exact) mass is 574 g/mol. The van der Waals surface area contributed by atoms with Crippen molar-refractivity contribution < 1.29 is 18.7 Å². The van der Waals surface area contributed by atoms with Crippen molar-refractivity contribution in [3.05, 3.63) is 39.5 Å². The smallest absolute Gasteiger partial charge is 0.192 e. The van der Waals surface area contributed by atoms with Gasteiger partial charge in [0.05, 0.1) is 26.4 Å². The van der Waals surface area contributed by atoms with E-state index in [0.717, 1.165) is 24.0 Å². The lowest BCUT2D eigenvalue weighted by Gasteiger charge is -2.43. The van der Waals surface area contributed by atoms with Gasteiger partial charge in [-0.15, -0.1) is 0 Å². The van der Waals surface area contributed by atoms with E-state index in [4.69, 9.17) is 13.9 Å². The van der Waals surface area contributed by atoms with Gasteiger partial charge in [0.1, 0.15) is 12.0 Å². The summed E-state index contributed by atoms with van der Waals surface area (Å²) >= 11 is 2.25. The largest absolute Gasteiger partial charge is 0.497 e. The highest BCUT2D eigenvalue weighted by molar-refractivity contribution is 14.1. The van der Waals surface area contributed by atoms with Gasteiger partial charge in [0.15, 0.2) is 8.32 Å². The fraction of sp³-hybridized carbons (Fsp3) is 0.654. The number of aldehydes is 1. The molecule has 0 aromatic heterocycles. The SMILES string of the molecule is COc1ccc(COC[C@@H](C)[C@@H](O[Si](C)(C)C(C)(C)C)[C@@H](C)[C@@H](C=O)C/C(C)=C\I)cc1. The lowest BCUT2D eigenvalue weighted by molar-refractivity contribution is -0.114. The molecule has 1 aromatic carbocycles. The molecule has 182 valence electrons. The second kappa shape index (κ2) is 13.3. The molecular weight excluding hydrogens is 531 g/mol. The number of ether oxygens (including phenoxy) is 2. The third-order valence-electron chi connectivity index (χ3n) is 6.72. The van der Waals surface area contributed by atoms with Gasteiger partial charge in [-0.1, -0.05) is 74.9 Å². The summed E-state index contributed by atoms with van der Waals surface area (Å²) in [5.41, 5.74) is 2.34. The van der Waals surface area contributed by atoms with E-state index < -0.39 is 8.32 Å². The van der Waals surface area contributed by atoms with Crippen LogP contribution in [0.25, 0.3) is 0 Å². The van der Waals surface area contributed by atoms with Crippen LogP contribution in [0, 0.1) is 17.8 Å². The molecule has 0 fully saturated rings. The fourth-order valence-corrected chi connectivity index (χ4v) is 5.19. The van der Waals surface area contributed by atoms with Crippen LogP contribution in [0.5, 0.6) is 5.75 Å². The number of methoxy groups -OCH3 is 1. The maximum Gasteiger partial charge on any atom is 0.192 e. The second-order valence-electron chi connectivity index (χ2n) is 10.5. The maximum absolute atomic E-state index is 12.0. The van der Waals surface area contributed by atoms with Gasteiger partial charge in [0, 0.05) is 11.8 Å². The molecule has 0 N–H and O–H groups in total. The van der Waals surface area contributed by atoms with Gasteiger partial charge < -0.3 is 18.7 Å². The lowest BCUT2D eigenvalue weighted by Crippen LogP contribution is -2.49. The molecule has 1 rings (SSSR count). The van der Waals surface area contributed by atoms with E-state index in [0.29, 0.717) is 13.2 Å². The zero-order valence-corrected chi connectivity index (χ0v) is 24.6. The van der Waals surface area contributed by atoms with Gasteiger partial charge in [-0.25, -0.2) is 0 Å². The van der Waals surface area contributed by atoms with Crippen LogP contribution in [0.3, 0.4) is 0 Å². The summed E-state index contributed by atoms with van der Waals surface area (Å²) < 4.78 is 20.3. The third kappa shape index (κ3) is 8.91. The van der Waals surface area contributed by atoms with Gasteiger partial charge in [-0.2, -0.15) is 0 Å². The van der Waals surface area contributed by atoms with Crippen LogP contribution in [-0.4, -0.2) is 34.4 Å². The Labute approximate surface area is 210 Å². The summed E-state index contributed by atoms with van der Waals surface area (Å²) in [4.78, 5) is 12.0. The fourth-order valence-electron chi connectivity index (χ4n) is 3.46. The topological polar surface area (TPSA) is 44.8 Å². The minimum Gasteiger partial charge on any atom is -0.497 e. The van der Waals surface area contributed by atoms with Crippen LogP contribution < -0.4 is 4.74 Å². The van der Waals surface area contributed by atoms with Crippen molar-refractivity contribution in [1.82, 2.24) is 0 Å². The average molecular weight is 575 g/mol. The Hall–Kier alpha value is -0.703. The first-order chi connectivity index (χ1) is 14.9. The van der Waals surface area contributed by atoms with Gasteiger partial charge in [-0.3, -0.25) is 0 Å². The van der Waals surface area contributed by atoms with Crippen molar-refractivity contribution in [2.45, 2.75) is 78.8 Å². The summed E-state index contributed by atoms with van der Waals surface area (Å²) in [5.74, 6) is 1.05. The first kappa shape index (κ1) is 29.3. The van der Waals surface area contributed by atoms with Gasteiger partial charge in [0.25, 0.3) is 0 Å². The zero-order chi connectivity index (χ0) is 24.5. The van der Waals surface area contributed by atoms with Crippen LogP contribution in [0.4, 0.5) is 0 Å². The molecule has 0 aliphatic heterocycles. The average Bonchev–Trinajstić information content (AvgIpc) is 2.74. The summed E-state index contributed by atoms with van der Waals surface area (Å²) in [7, 11) is -0.348. The third-order valence-corrected chi connectivity index (χ3v) is 12.3. The molecule has 0 aliphatic rings. The van der Waals surface area contributed by atoms with E-state index in [2.05, 4.69) is 81.3 Å². The highest BCUT2D eigenvalue weighted by Crippen LogP contribution is 2.40. The Morgan fingerprint density at radius 3 is 2.22 bits per heavy atom. The number of carbonyl (C=O) groups is 1. The number of benzene rings is 1. The minimum atomic E-state index is -2.02. The number of allylic oxidation sites excluding steroid dienone is 1. The molecule has 0 aliphatic carbocycles. The zero-order valence-electron chi connectivity index (χ0n) is 21.4. The molecule has 4 nitrogen and oxygen atoms in total. The highest BCUT2D eigenvalue weighted by Gasteiger charge is 2.42. The molecule has 0 spiro atoms. The second-order valence-corrected chi connectivity index (χ2v) is 15.9. The van der Waals surface area contributed by atoms with E-state index in [1.54, 1.807) is 7.11 Å². The predicted octanol–water partition coefficient (Wildman–Crippen LogP) is 7.42. The van der Waals surface area contributed by atoms with E-state index in [-0.39, 0.29) is 28.9 Å². The Morgan fingerprint density at radius 2 is 1.75 bits per heavy atom. The van der Waals surface area contributed by atoms with E-state index in [1.165, 1.54) is 5.57 Å². The number of halogens is 1. The molecule has 0 unspecified atom stereocenters. The summed E-state index contributed by atoms with van der Waals surface area (Å²) in [6.07, 6.45) is 1.84. The number of hydrogen-bond donors (Lipinski definition) is 0. The van der Waals surface area contributed by atoms with Crippen LogP contribution in [0.2, 0.25) is 18.1 Å². The molecule has 0 saturated carbocycles. The standard InChI is InChI=1S/C26H43IO4Si/c1-19(15-27)14-23(16-28)21(3)25(31-32(8,9)26(4,5)6)20(2)17-30-18-22-10-12-24(29-7)13-11-22/h10-13,15-16,20-21,23,25H,14,17-18H2,1-9H3/b19-15-/t20-,21+,23-,25-/m1/s1. The van der Waals surface area contributed by atoms with Crippen molar-refractivity contribution >= 4 is 37.2 Å². The first-order valence-corrected chi connectivity index (χ1v) is 15.6. The summed E-state index contributed by atoms with van der Waals surface area (Å²) in [6, 6.07) is 7.95. The van der Waals surface area contributed by atoms with Crippen LogP contribution in [0.15, 0.2) is 33.9 Å². The van der Waals surface area contributed by atoms with Gasteiger partial charge in [-0.05, 0) is 59.2 Å². The molecule has 0 bridgehead atoms. The van der Waals surface area contributed by atoms with Crippen LogP contribution in [0.1, 0.15) is 53.5 Å². The number of hydrogen-bond acceptors (Lipinski definition) is 4. The van der Waals surface area contributed by atoms with Crippen LogP contribution >= 0.6 is 22.6 Å². The highest BCUT2D eigenvalue weighted by atomic mass is 127. The predicted molar refractivity (Wildman–Crippen MR) is 145 cm³/mol. The number of rotatable bonds is 13. The van der Waals surface area contributed by atoms with Crippen molar-refractivity contribution in [2.24, 2.45) is 17.8 Å². The molecule has 0 amide bonds. The Morgan fingerprint density at radius 1 is 1.16 bits per heavy atom. The summed E-state index contributed by atoms with van der Waals surface area (Å²) in [5, 5.41) is 0.101. The molecule has 4 atom stereocenters. The quantitative estimate of drug-likeness (QED) is 0.140. The molecule has 32 heavy (non-hydrogen) atoms. The Balaban J connectivity index is 2.97. The molecule has 0 heterocycles. The van der Waals surface area contributed by atoms with Crippen molar-refractivity contribution in [3.63, 3.8) is 0 Å². The van der Waals surface area contributed by atoms with Crippen molar-refractivity contribution in [2.75, 3.05) is 13.7 Å². The van der Waals surface area contributed by atoms with Crippen molar-refractivity contribution in [3.8, 4) is 5.75 Å². The van der Waals surface area contributed by atoms with Crippen molar-refractivity contribution in [1.29, 1.82) is 0 Å². The lowest BCUT2D eigenvalue weighted by atomic mass is 9.81. The van der Waals surface area contributed by atoms with Gasteiger partial charge in [0.2, 0.25) is 0 Å². The molecule has 0 saturated heterocycles. The molecule has 0 radical (unpaired) electrons. The first-order valence-electron chi connectivity index (χ1n) is 11.5. The summed E-state index contributed by atoms with van der Waals surface area (Å²) in [6.45, 7) is 18.9. The Bertz CT molecular complexity index is 724. The molecule has 1 aromatic rings. The normalized spacial score (nSPS) is 16.9. The van der Waals surface area contributed by atoms with Gasteiger partial charge >= 0.3 is 0 Å². The van der Waals surface area contributed by atoms with Crippen LogP contribution in [-0.2, 0) is 20.6 Å². The van der Waals surface area contributed by atoms with E-state index >= 15 is 0 Å². The Kier molecular flexibility index (Phi) is 12.1. The molecular formula is C26H43IO4Si. The van der Waals surface area contributed by atoms with E-state index in [1.807, 2.05) is 24.3 Å².